The molecule has 1 aliphatic heterocycles. The minimum absolute atomic E-state index is 0.0725. The van der Waals surface area contributed by atoms with Gasteiger partial charge in [0.25, 0.3) is 0 Å². The molecule has 25 heavy (non-hydrogen) atoms. The van der Waals surface area contributed by atoms with Crippen molar-refractivity contribution in [3.05, 3.63) is 34.0 Å². The second kappa shape index (κ2) is 6.45. The SMILES string of the molecule is CC(C)N1CC=C2C(C#N)C(=N)C(C#N)(C#N)[C@@H](c3ccsc3)[C@@H]2C1. The molecule has 1 fully saturated rings. The molecule has 2 heterocycles. The van der Waals surface area contributed by atoms with Crippen molar-refractivity contribution in [1.29, 1.82) is 21.2 Å². The molecule has 0 spiro atoms. The molecule has 1 saturated carbocycles. The zero-order valence-corrected chi connectivity index (χ0v) is 15.0. The molecule has 1 aromatic heterocycles. The normalized spacial score (nSPS) is 28.4. The van der Waals surface area contributed by atoms with Crippen LogP contribution in [0.25, 0.3) is 0 Å². The van der Waals surface area contributed by atoms with Crippen LogP contribution >= 0.6 is 11.3 Å². The van der Waals surface area contributed by atoms with Crippen LogP contribution in [-0.4, -0.2) is 29.7 Å². The van der Waals surface area contributed by atoms with E-state index in [0.717, 1.165) is 17.7 Å². The summed E-state index contributed by atoms with van der Waals surface area (Å²) in [5.74, 6) is -1.31. The average Bonchev–Trinajstić information content (AvgIpc) is 3.14. The molecular weight excluding hydrogens is 330 g/mol. The highest BCUT2D eigenvalue weighted by Gasteiger charge is 2.57. The fourth-order valence-electron chi connectivity index (χ4n) is 4.08. The molecule has 2 aliphatic rings. The Hall–Kier alpha value is -2.46. The summed E-state index contributed by atoms with van der Waals surface area (Å²) in [5.41, 5.74) is 0.151. The third-order valence-electron chi connectivity index (χ3n) is 5.45. The summed E-state index contributed by atoms with van der Waals surface area (Å²) >= 11 is 1.52. The maximum Gasteiger partial charge on any atom is 0.189 e. The van der Waals surface area contributed by atoms with E-state index in [1.165, 1.54) is 11.3 Å². The maximum atomic E-state index is 9.91. The Labute approximate surface area is 151 Å². The van der Waals surface area contributed by atoms with Gasteiger partial charge in [0.15, 0.2) is 5.41 Å². The fourth-order valence-corrected chi connectivity index (χ4v) is 4.78. The smallest absolute Gasteiger partial charge is 0.189 e. The first-order chi connectivity index (χ1) is 12.0. The van der Waals surface area contributed by atoms with Crippen molar-refractivity contribution < 1.29 is 0 Å². The molecule has 3 rings (SSSR count). The van der Waals surface area contributed by atoms with E-state index in [2.05, 4.69) is 37.0 Å². The topological polar surface area (TPSA) is 98.5 Å². The van der Waals surface area contributed by atoms with Gasteiger partial charge >= 0.3 is 0 Å². The number of nitrogens with zero attached hydrogens (tertiary/aromatic N) is 4. The predicted octanol–water partition coefficient (Wildman–Crippen LogP) is 3.31. The first-order valence-corrected chi connectivity index (χ1v) is 9.21. The summed E-state index contributed by atoms with van der Waals surface area (Å²) in [7, 11) is 0. The molecule has 1 N–H and O–H groups in total. The second-order valence-corrected chi connectivity index (χ2v) is 7.68. The monoisotopic (exact) mass is 349 g/mol. The van der Waals surface area contributed by atoms with Crippen molar-refractivity contribution in [3.8, 4) is 18.2 Å². The molecule has 0 aromatic carbocycles. The van der Waals surface area contributed by atoms with Gasteiger partial charge in [-0.2, -0.15) is 27.1 Å². The van der Waals surface area contributed by atoms with Gasteiger partial charge in [-0.3, -0.25) is 4.90 Å². The zero-order chi connectivity index (χ0) is 18.2. The van der Waals surface area contributed by atoms with Gasteiger partial charge in [-0.15, -0.1) is 0 Å². The molecule has 1 unspecified atom stereocenters. The lowest BCUT2D eigenvalue weighted by Crippen LogP contribution is -2.53. The number of rotatable bonds is 2. The van der Waals surface area contributed by atoms with Gasteiger partial charge < -0.3 is 5.41 Å². The van der Waals surface area contributed by atoms with Crippen LogP contribution in [0, 0.1) is 56.7 Å². The van der Waals surface area contributed by atoms with Crippen LogP contribution in [0.4, 0.5) is 0 Å². The summed E-state index contributed by atoms with van der Waals surface area (Å²) in [4.78, 5) is 2.29. The first-order valence-electron chi connectivity index (χ1n) is 8.27. The maximum absolute atomic E-state index is 9.91. The molecule has 1 aromatic rings. The van der Waals surface area contributed by atoms with E-state index in [0.29, 0.717) is 12.6 Å². The van der Waals surface area contributed by atoms with Crippen molar-refractivity contribution in [1.82, 2.24) is 4.90 Å². The fraction of sp³-hybridized carbons (Fsp3) is 0.474. The largest absolute Gasteiger partial charge is 0.305 e. The Balaban J connectivity index is 2.21. The van der Waals surface area contributed by atoms with Crippen molar-refractivity contribution in [2.24, 2.45) is 17.3 Å². The van der Waals surface area contributed by atoms with Crippen molar-refractivity contribution in [3.63, 3.8) is 0 Å². The van der Waals surface area contributed by atoms with Gasteiger partial charge in [0.2, 0.25) is 0 Å². The first kappa shape index (κ1) is 17.4. The molecular formula is C19H19N5S. The molecule has 0 radical (unpaired) electrons. The van der Waals surface area contributed by atoms with E-state index in [9.17, 15) is 15.8 Å². The van der Waals surface area contributed by atoms with E-state index in [1.807, 2.05) is 22.9 Å². The Morgan fingerprint density at radius 1 is 1.32 bits per heavy atom. The van der Waals surface area contributed by atoms with Crippen LogP contribution < -0.4 is 0 Å². The molecule has 0 saturated heterocycles. The third-order valence-corrected chi connectivity index (χ3v) is 6.15. The van der Waals surface area contributed by atoms with E-state index in [1.54, 1.807) is 0 Å². The van der Waals surface area contributed by atoms with Crippen LogP contribution in [-0.2, 0) is 0 Å². The van der Waals surface area contributed by atoms with Crippen molar-refractivity contribution in [2.45, 2.75) is 25.8 Å². The Kier molecular flexibility index (Phi) is 4.48. The van der Waals surface area contributed by atoms with Gasteiger partial charge in [-0.05, 0) is 41.8 Å². The highest BCUT2D eigenvalue weighted by atomic mass is 32.1. The lowest BCUT2D eigenvalue weighted by atomic mass is 9.54. The van der Waals surface area contributed by atoms with Crippen LogP contribution in [0.2, 0.25) is 0 Å². The van der Waals surface area contributed by atoms with Gasteiger partial charge in [-0.25, -0.2) is 0 Å². The van der Waals surface area contributed by atoms with E-state index in [-0.39, 0.29) is 11.6 Å². The Bertz CT molecular complexity index is 817. The molecule has 3 atom stereocenters. The highest BCUT2D eigenvalue weighted by Crippen LogP contribution is 2.53. The highest BCUT2D eigenvalue weighted by molar-refractivity contribution is 7.08. The average molecular weight is 349 g/mol. The molecule has 6 heteroatoms. The van der Waals surface area contributed by atoms with Gasteiger partial charge in [0.05, 0.1) is 23.9 Å². The predicted molar refractivity (Wildman–Crippen MR) is 95.8 cm³/mol. The zero-order valence-electron chi connectivity index (χ0n) is 14.2. The number of thiophene rings is 1. The molecule has 5 nitrogen and oxygen atoms in total. The van der Waals surface area contributed by atoms with Crippen molar-refractivity contribution in [2.75, 3.05) is 13.1 Å². The quantitative estimate of drug-likeness (QED) is 0.828. The van der Waals surface area contributed by atoms with Crippen LogP contribution in [0.5, 0.6) is 0 Å². The minimum atomic E-state index is -1.59. The number of hydrogen-bond acceptors (Lipinski definition) is 6. The number of nitrogens with one attached hydrogen (secondary N) is 1. The summed E-state index contributed by atoms with van der Waals surface area (Å²) < 4.78 is 0. The van der Waals surface area contributed by atoms with Gasteiger partial charge in [0.1, 0.15) is 5.92 Å². The molecule has 0 bridgehead atoms. The van der Waals surface area contributed by atoms with Crippen LogP contribution in [0.3, 0.4) is 0 Å². The van der Waals surface area contributed by atoms with Crippen molar-refractivity contribution >= 4 is 17.0 Å². The van der Waals surface area contributed by atoms with E-state index < -0.39 is 17.3 Å². The second-order valence-electron chi connectivity index (χ2n) is 6.90. The molecule has 0 amide bonds. The number of fused-ring (bicyclic) bond motifs is 1. The Morgan fingerprint density at radius 3 is 2.56 bits per heavy atom. The molecule has 126 valence electrons. The summed E-state index contributed by atoms with van der Waals surface area (Å²) in [6.45, 7) is 5.66. The third kappa shape index (κ3) is 2.48. The Morgan fingerprint density at radius 2 is 2.04 bits per heavy atom. The van der Waals surface area contributed by atoms with E-state index in [4.69, 9.17) is 5.41 Å². The summed E-state index contributed by atoms with van der Waals surface area (Å²) in [6, 6.07) is 8.68. The number of hydrogen-bond donors (Lipinski definition) is 1. The minimum Gasteiger partial charge on any atom is -0.305 e. The summed E-state index contributed by atoms with van der Waals surface area (Å²) in [5, 5.41) is 41.9. The standard InChI is InChI=1S/C19H19N5S/c1-12(2)24-5-3-14-15(7-20)18(23)19(10-21,11-22)17(16(14)8-24)13-4-6-25-9-13/h3-4,6,9,12,15-17,23H,5,8H2,1-2H3/t15?,16-,17+/m1/s1. The summed E-state index contributed by atoms with van der Waals surface area (Å²) in [6.07, 6.45) is 2.04. The lowest BCUT2D eigenvalue weighted by Gasteiger charge is -2.48. The number of nitriles is 3. The van der Waals surface area contributed by atoms with Crippen LogP contribution in [0.1, 0.15) is 25.3 Å². The van der Waals surface area contributed by atoms with E-state index >= 15 is 0 Å². The van der Waals surface area contributed by atoms with Gasteiger partial charge in [-0.1, -0.05) is 6.08 Å². The molecule has 1 aliphatic carbocycles. The van der Waals surface area contributed by atoms with Gasteiger partial charge in [0, 0.05) is 31.0 Å². The lowest BCUT2D eigenvalue weighted by molar-refractivity contribution is 0.171. The van der Waals surface area contributed by atoms with Crippen LogP contribution in [0.15, 0.2) is 28.5 Å².